The first-order valence-electron chi connectivity index (χ1n) is 11.3. The highest BCUT2D eigenvalue weighted by atomic mass is 32.1. The van der Waals surface area contributed by atoms with Crippen molar-refractivity contribution in [3.63, 3.8) is 0 Å². The fourth-order valence-corrected chi connectivity index (χ4v) is 5.69. The molecule has 2 heterocycles. The Labute approximate surface area is 197 Å². The van der Waals surface area contributed by atoms with E-state index in [-0.39, 0.29) is 23.8 Å². The van der Waals surface area contributed by atoms with Gasteiger partial charge in [0.1, 0.15) is 11.6 Å². The van der Waals surface area contributed by atoms with Crippen LogP contribution in [0.15, 0.2) is 53.9 Å². The zero-order valence-corrected chi connectivity index (χ0v) is 19.3. The number of rotatable bonds is 7. The van der Waals surface area contributed by atoms with Crippen LogP contribution in [0.2, 0.25) is 0 Å². The summed E-state index contributed by atoms with van der Waals surface area (Å²) in [5, 5.41) is 6.01. The van der Waals surface area contributed by atoms with Gasteiger partial charge in [-0.25, -0.2) is 9.78 Å². The van der Waals surface area contributed by atoms with Gasteiger partial charge in [-0.2, -0.15) is 0 Å². The first-order valence-corrected chi connectivity index (χ1v) is 12.2. The number of carbonyl (C=O) groups excluding carboxylic acids is 2. The Morgan fingerprint density at radius 2 is 1.76 bits per heavy atom. The van der Waals surface area contributed by atoms with Crippen LogP contribution in [-0.2, 0) is 14.3 Å². The predicted octanol–water partition coefficient (Wildman–Crippen LogP) is 4.72. The molecular weight excluding hydrogens is 436 g/mol. The van der Waals surface area contributed by atoms with Crippen LogP contribution in [-0.4, -0.2) is 36.7 Å². The number of ether oxygens (including phenoxy) is 2. The van der Waals surface area contributed by atoms with Gasteiger partial charge >= 0.3 is 11.9 Å². The summed E-state index contributed by atoms with van der Waals surface area (Å²) >= 11 is 1.45. The normalized spacial score (nSPS) is 19.2. The van der Waals surface area contributed by atoms with Crippen molar-refractivity contribution in [2.75, 3.05) is 19.8 Å². The summed E-state index contributed by atoms with van der Waals surface area (Å²) in [5.41, 5.74) is 5.23. The Morgan fingerprint density at radius 3 is 2.45 bits per heavy atom. The van der Waals surface area contributed by atoms with Gasteiger partial charge in [-0.1, -0.05) is 48.5 Å². The van der Waals surface area contributed by atoms with Crippen LogP contribution in [0.25, 0.3) is 11.1 Å². The quantitative estimate of drug-likeness (QED) is 0.512. The largest absolute Gasteiger partial charge is 0.465 e. The molecule has 2 aliphatic rings. The first-order chi connectivity index (χ1) is 16.1. The van der Waals surface area contributed by atoms with E-state index in [1.807, 2.05) is 24.3 Å². The Hall–Kier alpha value is -3.03. The van der Waals surface area contributed by atoms with Crippen molar-refractivity contribution in [3.8, 4) is 11.1 Å². The number of hydrogen-bond donors (Lipinski definition) is 1. The molecule has 0 bridgehead atoms. The summed E-state index contributed by atoms with van der Waals surface area (Å²) in [4.78, 5) is 28.9. The Balaban J connectivity index is 1.16. The average molecular weight is 463 g/mol. The van der Waals surface area contributed by atoms with Crippen molar-refractivity contribution in [2.45, 2.75) is 31.7 Å². The molecule has 1 saturated heterocycles. The second-order valence-electron chi connectivity index (χ2n) is 8.47. The predicted molar refractivity (Wildman–Crippen MR) is 126 cm³/mol. The summed E-state index contributed by atoms with van der Waals surface area (Å²) in [6.45, 7) is 3.18. The van der Waals surface area contributed by atoms with Crippen LogP contribution in [0.4, 0.5) is 0 Å². The lowest BCUT2D eigenvalue weighted by Crippen LogP contribution is -2.17. The maximum absolute atomic E-state index is 12.7. The van der Waals surface area contributed by atoms with Crippen molar-refractivity contribution in [2.24, 2.45) is 5.92 Å². The van der Waals surface area contributed by atoms with E-state index < -0.39 is 5.97 Å². The summed E-state index contributed by atoms with van der Waals surface area (Å²) in [5.74, 6) is -0.308. The van der Waals surface area contributed by atoms with Crippen LogP contribution in [0.1, 0.15) is 58.3 Å². The molecule has 1 aliphatic heterocycles. The molecule has 5 rings (SSSR count). The fraction of sp³-hybridized carbons (Fsp3) is 0.346. The number of fused-ring (bicyclic) bond motifs is 3. The molecule has 0 saturated carbocycles. The molecule has 2 atom stereocenters. The van der Waals surface area contributed by atoms with Gasteiger partial charge in [-0.15, -0.1) is 11.3 Å². The van der Waals surface area contributed by atoms with Crippen molar-refractivity contribution in [1.82, 2.24) is 10.3 Å². The highest BCUT2D eigenvalue weighted by Gasteiger charge is 2.32. The number of thiazole rings is 1. The summed E-state index contributed by atoms with van der Waals surface area (Å²) in [6, 6.07) is 16.7. The molecule has 7 heteroatoms. The first kappa shape index (κ1) is 21.8. The lowest BCUT2D eigenvalue weighted by molar-refractivity contribution is -0.144. The second-order valence-corrected chi connectivity index (χ2v) is 9.36. The highest BCUT2D eigenvalue weighted by Crippen LogP contribution is 2.44. The maximum atomic E-state index is 12.7. The van der Waals surface area contributed by atoms with Crippen LogP contribution < -0.4 is 5.32 Å². The van der Waals surface area contributed by atoms with E-state index in [0.29, 0.717) is 25.3 Å². The third-order valence-corrected chi connectivity index (χ3v) is 7.31. The van der Waals surface area contributed by atoms with Crippen LogP contribution in [0.5, 0.6) is 0 Å². The highest BCUT2D eigenvalue weighted by molar-refractivity contribution is 7.09. The van der Waals surface area contributed by atoms with Crippen LogP contribution >= 0.6 is 11.3 Å². The summed E-state index contributed by atoms with van der Waals surface area (Å²) < 4.78 is 10.8. The molecular formula is C26H26N2O4S. The van der Waals surface area contributed by atoms with Crippen molar-refractivity contribution >= 4 is 23.3 Å². The minimum absolute atomic E-state index is 0.0459. The molecule has 6 nitrogen and oxygen atoms in total. The molecule has 170 valence electrons. The Kier molecular flexibility index (Phi) is 6.24. The molecule has 0 amide bonds. The molecule has 0 radical (unpaired) electrons. The Bertz CT molecular complexity index is 1130. The molecule has 33 heavy (non-hydrogen) atoms. The molecule has 1 fully saturated rings. The standard InChI is InChI=1S/C26H26N2O4S/c1-2-31-26(30)23-15-33-25(28-23)22-11-16(13-27-22)12-24(29)32-14-21-19-9-5-3-7-17(19)18-8-4-6-10-20(18)21/h3-10,15-16,21-22,27H,2,11-14H2,1H3/t16-,22+/m0/s1. The van der Waals surface area contributed by atoms with E-state index in [1.54, 1.807) is 12.3 Å². The van der Waals surface area contributed by atoms with Gasteiger partial charge < -0.3 is 14.8 Å². The zero-order chi connectivity index (χ0) is 22.8. The van der Waals surface area contributed by atoms with Crippen molar-refractivity contribution in [1.29, 1.82) is 0 Å². The van der Waals surface area contributed by atoms with E-state index in [1.165, 1.54) is 33.6 Å². The third kappa shape index (κ3) is 4.43. The monoisotopic (exact) mass is 462 g/mol. The van der Waals surface area contributed by atoms with Gasteiger partial charge in [0.25, 0.3) is 0 Å². The molecule has 3 aromatic rings. The number of aromatic nitrogens is 1. The molecule has 1 N–H and O–H groups in total. The summed E-state index contributed by atoms with van der Waals surface area (Å²) in [6.07, 6.45) is 1.16. The number of benzene rings is 2. The van der Waals surface area contributed by atoms with Gasteiger partial charge in [0.2, 0.25) is 0 Å². The lowest BCUT2D eigenvalue weighted by atomic mass is 9.98. The van der Waals surface area contributed by atoms with E-state index in [2.05, 4.69) is 34.6 Å². The van der Waals surface area contributed by atoms with Gasteiger partial charge in [-0.3, -0.25) is 4.79 Å². The second kappa shape index (κ2) is 9.45. The maximum Gasteiger partial charge on any atom is 0.357 e. The summed E-state index contributed by atoms with van der Waals surface area (Å²) in [7, 11) is 0. The van der Waals surface area contributed by atoms with E-state index >= 15 is 0 Å². The van der Waals surface area contributed by atoms with Gasteiger partial charge in [0, 0.05) is 17.7 Å². The van der Waals surface area contributed by atoms with Crippen molar-refractivity contribution < 1.29 is 19.1 Å². The van der Waals surface area contributed by atoms with Gasteiger partial charge in [0.15, 0.2) is 5.69 Å². The number of nitrogens with one attached hydrogen (secondary N) is 1. The molecule has 0 unspecified atom stereocenters. The number of nitrogens with zero attached hydrogens (tertiary/aromatic N) is 1. The topological polar surface area (TPSA) is 77.5 Å². The van der Waals surface area contributed by atoms with Gasteiger partial charge in [0.05, 0.1) is 12.6 Å². The minimum Gasteiger partial charge on any atom is -0.465 e. The Morgan fingerprint density at radius 1 is 1.06 bits per heavy atom. The van der Waals surface area contributed by atoms with Crippen LogP contribution in [0, 0.1) is 5.92 Å². The van der Waals surface area contributed by atoms with Crippen molar-refractivity contribution in [3.05, 3.63) is 75.7 Å². The van der Waals surface area contributed by atoms with Crippen LogP contribution in [0.3, 0.4) is 0 Å². The third-order valence-electron chi connectivity index (χ3n) is 6.36. The molecule has 0 spiro atoms. The van der Waals surface area contributed by atoms with E-state index in [4.69, 9.17) is 9.47 Å². The number of carbonyl (C=O) groups is 2. The number of hydrogen-bond acceptors (Lipinski definition) is 7. The van der Waals surface area contributed by atoms with E-state index in [9.17, 15) is 9.59 Å². The van der Waals surface area contributed by atoms with E-state index in [0.717, 1.165) is 18.0 Å². The smallest absolute Gasteiger partial charge is 0.357 e. The number of esters is 2. The molecule has 1 aliphatic carbocycles. The molecule has 1 aromatic heterocycles. The SMILES string of the molecule is CCOC(=O)c1csc([C@H]2C[C@@H](CC(=O)OCC3c4ccccc4-c4ccccc43)CN2)n1. The average Bonchev–Trinajstić information content (AvgIpc) is 3.56. The minimum atomic E-state index is -0.395. The zero-order valence-electron chi connectivity index (χ0n) is 18.5. The van der Waals surface area contributed by atoms with Gasteiger partial charge in [-0.05, 0) is 48.1 Å². The lowest BCUT2D eigenvalue weighted by Gasteiger charge is -2.15. The fourth-order valence-electron chi connectivity index (χ4n) is 4.81. The molecule has 2 aromatic carbocycles.